The van der Waals surface area contributed by atoms with E-state index < -0.39 is 23.8 Å². The fourth-order valence-electron chi connectivity index (χ4n) is 0.824. The van der Waals surface area contributed by atoms with Crippen LogP contribution in [0, 0.1) is 11.8 Å². The molecule has 0 saturated carbocycles. The van der Waals surface area contributed by atoms with Gasteiger partial charge < -0.3 is 10.2 Å². The maximum Gasteiger partial charge on any atom is 0.311 e. The van der Waals surface area contributed by atoms with Crippen LogP contribution in [0.1, 0.15) is 13.8 Å². The molecule has 0 radical (unpaired) electrons. The fraction of sp³-hybridized carbons (Fsp3) is 0.500. The van der Waals surface area contributed by atoms with E-state index in [1.807, 2.05) is 0 Å². The molecule has 68 valence electrons. The Labute approximate surface area is 70.5 Å². The first kappa shape index (κ1) is 10.7. The molecular formula is C8H12O4. The van der Waals surface area contributed by atoms with E-state index in [4.69, 9.17) is 10.2 Å². The van der Waals surface area contributed by atoms with Crippen LogP contribution in [-0.2, 0) is 9.59 Å². The summed E-state index contributed by atoms with van der Waals surface area (Å²) in [7, 11) is 0. The minimum Gasteiger partial charge on any atom is -0.481 e. The van der Waals surface area contributed by atoms with Gasteiger partial charge in [-0.05, 0) is 6.92 Å². The third kappa shape index (κ3) is 2.74. The maximum atomic E-state index is 10.5. The third-order valence-corrected chi connectivity index (χ3v) is 1.61. The van der Waals surface area contributed by atoms with Crippen molar-refractivity contribution in [3.8, 4) is 0 Å². The Morgan fingerprint density at radius 3 is 2.00 bits per heavy atom. The molecule has 2 atom stereocenters. The second kappa shape index (κ2) is 4.54. The Morgan fingerprint density at radius 2 is 1.75 bits per heavy atom. The largest absolute Gasteiger partial charge is 0.481 e. The van der Waals surface area contributed by atoms with Gasteiger partial charge in [0, 0.05) is 0 Å². The van der Waals surface area contributed by atoms with Crippen molar-refractivity contribution < 1.29 is 19.8 Å². The van der Waals surface area contributed by atoms with Gasteiger partial charge in [0.25, 0.3) is 0 Å². The van der Waals surface area contributed by atoms with Gasteiger partial charge in [-0.3, -0.25) is 9.59 Å². The summed E-state index contributed by atoms with van der Waals surface area (Å²) in [6.45, 7) is 3.03. The lowest BCUT2D eigenvalue weighted by atomic mass is 9.94. The van der Waals surface area contributed by atoms with Crippen LogP contribution in [0.4, 0.5) is 0 Å². The lowest BCUT2D eigenvalue weighted by Crippen LogP contribution is -2.25. The van der Waals surface area contributed by atoms with Gasteiger partial charge in [0.2, 0.25) is 0 Å². The number of aliphatic carboxylic acids is 2. The molecule has 0 aromatic heterocycles. The number of rotatable bonds is 4. The average Bonchev–Trinajstić information content (AvgIpc) is 1.98. The summed E-state index contributed by atoms with van der Waals surface area (Å²) in [5.41, 5.74) is 0. The summed E-state index contributed by atoms with van der Waals surface area (Å²) >= 11 is 0. The van der Waals surface area contributed by atoms with Crippen LogP contribution < -0.4 is 0 Å². The zero-order valence-corrected chi connectivity index (χ0v) is 7.02. The van der Waals surface area contributed by atoms with Crippen LogP contribution in [0.5, 0.6) is 0 Å². The van der Waals surface area contributed by atoms with Gasteiger partial charge in [0.05, 0.1) is 11.8 Å². The van der Waals surface area contributed by atoms with Crippen molar-refractivity contribution in [2.45, 2.75) is 13.8 Å². The van der Waals surface area contributed by atoms with Crippen molar-refractivity contribution in [2.24, 2.45) is 11.8 Å². The average molecular weight is 172 g/mol. The van der Waals surface area contributed by atoms with Gasteiger partial charge in [-0.15, -0.1) is 0 Å². The first-order valence-electron chi connectivity index (χ1n) is 3.59. The maximum absolute atomic E-state index is 10.5. The molecule has 0 saturated heterocycles. The normalized spacial score (nSPS) is 15.8. The molecule has 4 heteroatoms. The Hall–Kier alpha value is -1.32. The van der Waals surface area contributed by atoms with E-state index in [0.717, 1.165) is 0 Å². The lowest BCUT2D eigenvalue weighted by Gasteiger charge is -2.11. The van der Waals surface area contributed by atoms with Crippen molar-refractivity contribution in [3.63, 3.8) is 0 Å². The Morgan fingerprint density at radius 1 is 1.25 bits per heavy atom. The Kier molecular flexibility index (Phi) is 4.04. The van der Waals surface area contributed by atoms with Crippen LogP contribution in [0.2, 0.25) is 0 Å². The molecular weight excluding hydrogens is 160 g/mol. The monoisotopic (exact) mass is 172 g/mol. The summed E-state index contributed by atoms with van der Waals surface area (Å²) in [6, 6.07) is 0. The lowest BCUT2D eigenvalue weighted by molar-refractivity contribution is -0.151. The summed E-state index contributed by atoms with van der Waals surface area (Å²) in [5.74, 6) is -4.03. The van der Waals surface area contributed by atoms with Gasteiger partial charge in [-0.2, -0.15) is 0 Å². The van der Waals surface area contributed by atoms with E-state index >= 15 is 0 Å². The second-order valence-corrected chi connectivity index (χ2v) is 2.52. The third-order valence-electron chi connectivity index (χ3n) is 1.61. The van der Waals surface area contributed by atoms with Crippen LogP contribution >= 0.6 is 0 Å². The number of hydrogen-bond acceptors (Lipinski definition) is 2. The quantitative estimate of drug-likeness (QED) is 0.620. The highest BCUT2D eigenvalue weighted by Crippen LogP contribution is 2.13. The van der Waals surface area contributed by atoms with Gasteiger partial charge >= 0.3 is 11.9 Å². The number of carboxylic acid groups (broad SMARTS) is 2. The highest BCUT2D eigenvalue weighted by molar-refractivity contribution is 5.81. The van der Waals surface area contributed by atoms with E-state index in [-0.39, 0.29) is 0 Å². The summed E-state index contributed by atoms with van der Waals surface area (Å²) in [6.07, 6.45) is 2.92. The van der Waals surface area contributed by atoms with Crippen molar-refractivity contribution in [2.75, 3.05) is 0 Å². The molecule has 4 nitrogen and oxygen atoms in total. The molecule has 0 bridgehead atoms. The SMILES string of the molecule is CC=CC(C(=O)O)C(C)C(=O)O. The molecule has 12 heavy (non-hydrogen) atoms. The fourth-order valence-corrected chi connectivity index (χ4v) is 0.824. The van der Waals surface area contributed by atoms with E-state index in [1.54, 1.807) is 6.92 Å². The van der Waals surface area contributed by atoms with E-state index in [9.17, 15) is 9.59 Å². The molecule has 0 spiro atoms. The summed E-state index contributed by atoms with van der Waals surface area (Å²) in [4.78, 5) is 20.9. The molecule has 0 aromatic carbocycles. The second-order valence-electron chi connectivity index (χ2n) is 2.52. The molecule has 2 N–H and O–H groups in total. The molecule has 0 fully saturated rings. The molecule has 0 amide bonds. The van der Waals surface area contributed by atoms with Gasteiger partial charge in [-0.1, -0.05) is 19.1 Å². The van der Waals surface area contributed by atoms with Crippen molar-refractivity contribution >= 4 is 11.9 Å². The van der Waals surface area contributed by atoms with Crippen LogP contribution in [-0.4, -0.2) is 22.2 Å². The first-order chi connectivity index (χ1) is 5.50. The van der Waals surface area contributed by atoms with Gasteiger partial charge in [-0.25, -0.2) is 0 Å². The Balaban J connectivity index is 4.50. The minimum atomic E-state index is -1.11. The zero-order valence-electron chi connectivity index (χ0n) is 7.02. The molecule has 0 aliphatic carbocycles. The van der Waals surface area contributed by atoms with Gasteiger partial charge in [0.15, 0.2) is 0 Å². The predicted octanol–water partition coefficient (Wildman–Crippen LogP) is 0.984. The summed E-state index contributed by atoms with van der Waals surface area (Å²) in [5, 5.41) is 17.1. The molecule has 0 rings (SSSR count). The van der Waals surface area contributed by atoms with E-state index in [2.05, 4.69) is 0 Å². The van der Waals surface area contributed by atoms with E-state index in [1.165, 1.54) is 19.1 Å². The number of hydrogen-bond donors (Lipinski definition) is 2. The van der Waals surface area contributed by atoms with Crippen molar-refractivity contribution in [1.29, 1.82) is 0 Å². The molecule has 0 heterocycles. The minimum absolute atomic E-state index is 0.890. The van der Waals surface area contributed by atoms with Crippen LogP contribution in [0.25, 0.3) is 0 Å². The van der Waals surface area contributed by atoms with Crippen molar-refractivity contribution in [3.05, 3.63) is 12.2 Å². The van der Waals surface area contributed by atoms with Crippen LogP contribution in [0.15, 0.2) is 12.2 Å². The highest BCUT2D eigenvalue weighted by atomic mass is 16.4. The zero-order chi connectivity index (χ0) is 9.72. The van der Waals surface area contributed by atoms with Crippen LogP contribution in [0.3, 0.4) is 0 Å². The smallest absolute Gasteiger partial charge is 0.311 e. The topological polar surface area (TPSA) is 74.6 Å². The first-order valence-corrected chi connectivity index (χ1v) is 3.59. The predicted molar refractivity (Wildman–Crippen MR) is 42.7 cm³/mol. The van der Waals surface area contributed by atoms with Crippen molar-refractivity contribution in [1.82, 2.24) is 0 Å². The number of allylic oxidation sites excluding steroid dienone is 1. The highest BCUT2D eigenvalue weighted by Gasteiger charge is 2.26. The molecule has 0 aliphatic heterocycles. The Bertz CT molecular complexity index is 207. The standard InChI is InChI=1S/C8H12O4/c1-3-4-6(8(11)12)5(2)7(9)10/h3-6H,1-2H3,(H,9,10)(H,11,12). The number of carboxylic acids is 2. The summed E-state index contributed by atoms with van der Waals surface area (Å²) < 4.78 is 0. The van der Waals surface area contributed by atoms with Gasteiger partial charge in [0.1, 0.15) is 0 Å². The molecule has 2 unspecified atom stereocenters. The van der Waals surface area contributed by atoms with E-state index in [0.29, 0.717) is 0 Å². The molecule has 0 aromatic rings. The number of carbonyl (C=O) groups is 2. The molecule has 0 aliphatic rings.